The molecule has 0 spiro atoms. The van der Waals surface area contributed by atoms with E-state index in [-0.39, 0.29) is 75.9 Å². The highest BCUT2D eigenvalue weighted by atomic mass is 32.2. The van der Waals surface area contributed by atoms with Crippen LogP contribution in [-0.4, -0.2) is 95.1 Å². The maximum absolute atomic E-state index is 12.5. The highest BCUT2D eigenvalue weighted by Gasteiger charge is 2.21. The van der Waals surface area contributed by atoms with Gasteiger partial charge in [-0.25, -0.2) is 0 Å². The van der Waals surface area contributed by atoms with Crippen molar-refractivity contribution in [3.63, 3.8) is 0 Å². The molecule has 0 bridgehead atoms. The Hall–Kier alpha value is -2.46. The first-order valence-corrected chi connectivity index (χ1v) is 16.5. The second-order valence-corrected chi connectivity index (χ2v) is 12.6. The molecule has 2 rings (SSSR count). The topological polar surface area (TPSA) is 133 Å². The summed E-state index contributed by atoms with van der Waals surface area (Å²) in [6.45, 7) is 11.8. The molecule has 0 aromatic heterocycles. The summed E-state index contributed by atoms with van der Waals surface area (Å²) in [5.41, 5.74) is 1.86. The summed E-state index contributed by atoms with van der Waals surface area (Å²) in [5.74, 6) is 0. The molecule has 0 fully saturated rings. The van der Waals surface area contributed by atoms with Crippen molar-refractivity contribution < 1.29 is 48.9 Å². The Balaban J connectivity index is 1.76. The van der Waals surface area contributed by atoms with Gasteiger partial charge >= 0.3 is 0 Å². The monoisotopic (exact) mass is 642 g/mol. The molecule has 43 heavy (non-hydrogen) atoms. The lowest BCUT2D eigenvalue weighted by Gasteiger charge is -2.19. The predicted octanol–water partition coefficient (Wildman–Crippen LogP) is 3.61. The number of hydrogen-bond acceptors (Lipinski definition) is 11. The van der Waals surface area contributed by atoms with Gasteiger partial charge in [0.05, 0.1) is 75.9 Å². The second kappa shape index (κ2) is 19.7. The first-order valence-electron chi connectivity index (χ1n) is 13.7. The molecule has 2 aromatic carbocycles. The summed E-state index contributed by atoms with van der Waals surface area (Å²) in [6, 6.07) is 12.7. The van der Waals surface area contributed by atoms with Gasteiger partial charge in [-0.1, -0.05) is 47.5 Å². The zero-order valence-corrected chi connectivity index (χ0v) is 26.4. The zero-order valence-electron chi connectivity index (χ0n) is 24.7. The summed E-state index contributed by atoms with van der Waals surface area (Å²) >= 11 is 0. The van der Waals surface area contributed by atoms with Crippen LogP contribution in [0.4, 0.5) is 0 Å². The van der Waals surface area contributed by atoms with E-state index >= 15 is 0 Å². The van der Waals surface area contributed by atoms with Crippen LogP contribution in [0.5, 0.6) is 0 Å². The molecular formula is C30H42O11S2. The second-order valence-electron chi connectivity index (χ2n) is 9.35. The van der Waals surface area contributed by atoms with Gasteiger partial charge in [0, 0.05) is 0 Å². The first-order chi connectivity index (χ1) is 20.6. The molecular weight excluding hydrogens is 600 g/mol. The molecule has 2 atom stereocenters. The number of ether oxygens (including phenoxy) is 5. The van der Waals surface area contributed by atoms with Crippen LogP contribution in [0.2, 0.25) is 0 Å². The van der Waals surface area contributed by atoms with E-state index in [0.717, 1.165) is 11.1 Å². The molecule has 0 saturated carbocycles. The minimum atomic E-state index is -3.96. The molecule has 0 aliphatic rings. The first kappa shape index (κ1) is 36.7. The lowest BCUT2D eigenvalue weighted by molar-refractivity contribution is -0.0694. The van der Waals surface area contributed by atoms with Gasteiger partial charge in [0.15, 0.2) is 0 Å². The van der Waals surface area contributed by atoms with Crippen LogP contribution in [0.3, 0.4) is 0 Å². The SMILES string of the molecule is C=CCOC[C@@H](COS(=O)(=O)c1ccc(C)cc1)OCCOCCO[C@@H](COCC=C)COS(=O)(=O)c1ccc(C)cc1. The van der Waals surface area contributed by atoms with Crippen molar-refractivity contribution in [2.24, 2.45) is 0 Å². The van der Waals surface area contributed by atoms with Crippen LogP contribution in [-0.2, 0) is 52.3 Å². The van der Waals surface area contributed by atoms with Crippen molar-refractivity contribution in [1.82, 2.24) is 0 Å². The van der Waals surface area contributed by atoms with Crippen LogP contribution in [0.25, 0.3) is 0 Å². The lowest BCUT2D eigenvalue weighted by Crippen LogP contribution is -2.30. The van der Waals surface area contributed by atoms with E-state index in [1.54, 1.807) is 36.4 Å². The van der Waals surface area contributed by atoms with Crippen LogP contribution in [0.1, 0.15) is 11.1 Å². The maximum atomic E-state index is 12.5. The highest BCUT2D eigenvalue weighted by molar-refractivity contribution is 7.87. The van der Waals surface area contributed by atoms with Gasteiger partial charge in [-0.2, -0.15) is 16.8 Å². The number of rotatable bonds is 24. The molecule has 0 aliphatic heterocycles. The van der Waals surface area contributed by atoms with E-state index in [2.05, 4.69) is 13.2 Å². The van der Waals surface area contributed by atoms with Gasteiger partial charge in [0.25, 0.3) is 20.2 Å². The Morgan fingerprint density at radius 3 is 1.30 bits per heavy atom. The average Bonchev–Trinajstić information content (AvgIpc) is 2.98. The summed E-state index contributed by atoms with van der Waals surface area (Å²) in [6.07, 6.45) is 1.81. The molecule has 2 aromatic rings. The maximum Gasteiger partial charge on any atom is 0.297 e. The third-order valence-electron chi connectivity index (χ3n) is 5.68. The van der Waals surface area contributed by atoms with Crippen LogP contribution in [0.15, 0.2) is 83.6 Å². The average molecular weight is 643 g/mol. The molecule has 0 amide bonds. The Bertz CT molecular complexity index is 1190. The van der Waals surface area contributed by atoms with E-state index < -0.39 is 32.4 Å². The Kier molecular flexibility index (Phi) is 16.9. The number of aryl methyl sites for hydroxylation is 2. The van der Waals surface area contributed by atoms with Crippen molar-refractivity contribution in [2.75, 3.05) is 66.1 Å². The van der Waals surface area contributed by atoms with E-state index in [1.807, 2.05) is 13.8 Å². The van der Waals surface area contributed by atoms with Crippen molar-refractivity contribution in [2.45, 2.75) is 35.8 Å². The highest BCUT2D eigenvalue weighted by Crippen LogP contribution is 2.15. The van der Waals surface area contributed by atoms with Crippen molar-refractivity contribution in [3.05, 3.63) is 85.0 Å². The molecule has 13 heteroatoms. The zero-order chi connectivity index (χ0) is 31.6. The minimum absolute atomic E-state index is 0.0542. The summed E-state index contributed by atoms with van der Waals surface area (Å²) < 4.78 is 88.3. The summed E-state index contributed by atoms with van der Waals surface area (Å²) in [4.78, 5) is 0.108. The van der Waals surface area contributed by atoms with E-state index in [9.17, 15) is 16.8 Å². The minimum Gasteiger partial charge on any atom is -0.377 e. The third-order valence-corrected chi connectivity index (χ3v) is 8.27. The van der Waals surface area contributed by atoms with Crippen molar-refractivity contribution in [3.8, 4) is 0 Å². The van der Waals surface area contributed by atoms with Crippen LogP contribution in [0, 0.1) is 13.8 Å². The third kappa shape index (κ3) is 14.7. The smallest absolute Gasteiger partial charge is 0.297 e. The van der Waals surface area contributed by atoms with Gasteiger partial charge in [0.2, 0.25) is 0 Å². The fourth-order valence-electron chi connectivity index (χ4n) is 3.38. The van der Waals surface area contributed by atoms with Gasteiger partial charge < -0.3 is 23.7 Å². The lowest BCUT2D eigenvalue weighted by atomic mass is 10.2. The van der Waals surface area contributed by atoms with Crippen LogP contribution < -0.4 is 0 Å². The predicted molar refractivity (Wildman–Crippen MR) is 161 cm³/mol. The molecule has 0 saturated heterocycles. The molecule has 11 nitrogen and oxygen atoms in total. The van der Waals surface area contributed by atoms with Gasteiger partial charge in [-0.15, -0.1) is 13.2 Å². The Morgan fingerprint density at radius 1 is 0.581 bits per heavy atom. The van der Waals surface area contributed by atoms with E-state index in [1.165, 1.54) is 24.3 Å². The van der Waals surface area contributed by atoms with Crippen molar-refractivity contribution >= 4 is 20.2 Å². The molecule has 0 aliphatic carbocycles. The Morgan fingerprint density at radius 2 is 0.953 bits per heavy atom. The van der Waals surface area contributed by atoms with Crippen LogP contribution >= 0.6 is 0 Å². The molecule has 0 N–H and O–H groups in total. The fraction of sp³-hybridized carbons (Fsp3) is 0.467. The number of benzene rings is 2. The molecule has 0 heterocycles. The largest absolute Gasteiger partial charge is 0.377 e. The van der Waals surface area contributed by atoms with E-state index in [0.29, 0.717) is 0 Å². The summed E-state index contributed by atoms with van der Waals surface area (Å²) in [7, 11) is -7.92. The summed E-state index contributed by atoms with van der Waals surface area (Å²) in [5, 5.41) is 0. The van der Waals surface area contributed by atoms with E-state index in [4.69, 9.17) is 32.1 Å². The van der Waals surface area contributed by atoms with Crippen molar-refractivity contribution in [1.29, 1.82) is 0 Å². The quantitative estimate of drug-likeness (QED) is 0.0945. The Labute approximate surface area is 255 Å². The molecule has 0 radical (unpaired) electrons. The normalized spacial score (nSPS) is 13.4. The number of hydrogen-bond donors (Lipinski definition) is 0. The fourth-order valence-corrected chi connectivity index (χ4v) is 5.25. The standard InChI is InChI=1S/C30H42O11S2/c1-5-15-36-21-27(23-40-42(31,32)29-11-7-25(3)8-12-29)38-19-17-35-18-20-39-28(22-37-16-6-2)24-41-43(33,34)30-13-9-26(4)10-14-30/h5-14,27-28H,1-2,15-24H2,3-4H3/t27-,28-/m0/s1. The van der Waals surface area contributed by atoms with Gasteiger partial charge in [0.1, 0.15) is 12.2 Å². The van der Waals surface area contributed by atoms with Gasteiger partial charge in [-0.3, -0.25) is 8.37 Å². The molecule has 240 valence electrons. The molecule has 0 unspecified atom stereocenters. The van der Waals surface area contributed by atoms with Gasteiger partial charge in [-0.05, 0) is 38.1 Å².